The summed E-state index contributed by atoms with van der Waals surface area (Å²) in [5.74, 6) is -0.0464. The highest BCUT2D eigenvalue weighted by molar-refractivity contribution is 5.86. The van der Waals surface area contributed by atoms with Gasteiger partial charge in [0, 0.05) is 7.11 Å². The minimum absolute atomic E-state index is 0.274. The zero-order chi connectivity index (χ0) is 18.1. The Morgan fingerprint density at radius 1 is 0.920 bits per heavy atom. The van der Waals surface area contributed by atoms with E-state index in [9.17, 15) is 9.59 Å². The van der Waals surface area contributed by atoms with Crippen LogP contribution >= 0.6 is 0 Å². The summed E-state index contributed by atoms with van der Waals surface area (Å²) in [5.41, 5.74) is 5.29. The van der Waals surface area contributed by atoms with Crippen LogP contribution in [0.5, 0.6) is 11.5 Å². The molecule has 0 aliphatic carbocycles. The molecule has 7 heteroatoms. The Bertz CT molecular complexity index is 706. The first-order valence-electron chi connectivity index (χ1n) is 7.58. The fourth-order valence-electron chi connectivity index (χ4n) is 2.14. The lowest BCUT2D eigenvalue weighted by Crippen LogP contribution is -2.46. The lowest BCUT2D eigenvalue weighted by atomic mass is 10.1. The normalized spacial score (nSPS) is 11.3. The van der Waals surface area contributed by atoms with Crippen molar-refractivity contribution < 1.29 is 23.8 Å². The van der Waals surface area contributed by atoms with E-state index in [0.29, 0.717) is 17.1 Å². The maximum Gasteiger partial charge on any atom is 0.276 e. The number of methoxy groups -OCH3 is 2. The number of para-hydroxylation sites is 2. The third-order valence-corrected chi connectivity index (χ3v) is 3.33. The fourth-order valence-corrected chi connectivity index (χ4v) is 2.14. The number of benzene rings is 2. The number of carbonyl (C=O) groups excluding carboxylic acids is 2. The van der Waals surface area contributed by atoms with E-state index >= 15 is 0 Å². The van der Waals surface area contributed by atoms with Crippen LogP contribution in [-0.4, -0.2) is 32.6 Å². The number of amides is 2. The molecule has 1 atom stereocenters. The van der Waals surface area contributed by atoms with Crippen molar-refractivity contribution in [3.8, 4) is 11.5 Å². The van der Waals surface area contributed by atoms with Crippen molar-refractivity contribution in [1.29, 1.82) is 0 Å². The number of hydrazine groups is 1. The van der Waals surface area contributed by atoms with Crippen molar-refractivity contribution >= 4 is 11.8 Å². The Balaban J connectivity index is 1.84. The number of nitrogens with one attached hydrogen (secondary N) is 2. The summed E-state index contributed by atoms with van der Waals surface area (Å²) >= 11 is 0. The van der Waals surface area contributed by atoms with Crippen LogP contribution in [0.15, 0.2) is 54.6 Å². The second-order valence-corrected chi connectivity index (χ2v) is 5.00. The summed E-state index contributed by atoms with van der Waals surface area (Å²) in [6, 6.07) is 15.9. The van der Waals surface area contributed by atoms with Gasteiger partial charge in [0.1, 0.15) is 0 Å². The van der Waals surface area contributed by atoms with Crippen LogP contribution in [0.2, 0.25) is 0 Å². The molecular weight excluding hydrogens is 324 g/mol. The Morgan fingerprint density at radius 3 is 2.20 bits per heavy atom. The number of carbonyl (C=O) groups is 2. The SMILES string of the molecule is COc1ccccc1OCC(=O)NNC(=O)C(OC)c1ccccc1. The van der Waals surface area contributed by atoms with Crippen LogP contribution in [0.1, 0.15) is 11.7 Å². The smallest absolute Gasteiger partial charge is 0.276 e. The molecule has 0 aromatic heterocycles. The lowest BCUT2D eigenvalue weighted by molar-refractivity contribution is -0.136. The van der Waals surface area contributed by atoms with Gasteiger partial charge in [-0.1, -0.05) is 42.5 Å². The van der Waals surface area contributed by atoms with Crippen molar-refractivity contribution in [1.82, 2.24) is 10.9 Å². The van der Waals surface area contributed by atoms with E-state index in [2.05, 4.69) is 10.9 Å². The zero-order valence-corrected chi connectivity index (χ0v) is 14.0. The molecule has 25 heavy (non-hydrogen) atoms. The second-order valence-electron chi connectivity index (χ2n) is 5.00. The van der Waals surface area contributed by atoms with Gasteiger partial charge in [-0.2, -0.15) is 0 Å². The van der Waals surface area contributed by atoms with Gasteiger partial charge in [0.05, 0.1) is 7.11 Å². The largest absolute Gasteiger partial charge is 0.493 e. The Kier molecular flexibility index (Phi) is 6.79. The number of ether oxygens (including phenoxy) is 3. The van der Waals surface area contributed by atoms with E-state index in [1.165, 1.54) is 14.2 Å². The van der Waals surface area contributed by atoms with Crippen molar-refractivity contribution in [2.75, 3.05) is 20.8 Å². The molecule has 0 saturated carbocycles. The van der Waals surface area contributed by atoms with E-state index in [1.807, 2.05) is 6.07 Å². The van der Waals surface area contributed by atoms with E-state index in [1.54, 1.807) is 48.5 Å². The van der Waals surface area contributed by atoms with Crippen LogP contribution in [0, 0.1) is 0 Å². The van der Waals surface area contributed by atoms with Gasteiger partial charge in [-0.05, 0) is 17.7 Å². The van der Waals surface area contributed by atoms with Crippen molar-refractivity contribution in [2.45, 2.75) is 6.10 Å². The van der Waals surface area contributed by atoms with E-state index in [4.69, 9.17) is 14.2 Å². The third-order valence-electron chi connectivity index (χ3n) is 3.33. The number of hydrogen-bond donors (Lipinski definition) is 2. The average Bonchev–Trinajstić information content (AvgIpc) is 2.66. The molecule has 0 saturated heterocycles. The molecule has 2 aromatic rings. The van der Waals surface area contributed by atoms with Crippen molar-refractivity contribution in [3.05, 3.63) is 60.2 Å². The summed E-state index contributed by atoms with van der Waals surface area (Å²) in [4.78, 5) is 24.0. The van der Waals surface area contributed by atoms with Gasteiger partial charge in [-0.3, -0.25) is 20.4 Å². The zero-order valence-electron chi connectivity index (χ0n) is 14.0. The molecule has 2 amide bonds. The molecule has 0 bridgehead atoms. The highest BCUT2D eigenvalue weighted by atomic mass is 16.5. The molecular formula is C18H20N2O5. The molecule has 2 aromatic carbocycles. The van der Waals surface area contributed by atoms with Gasteiger partial charge in [-0.25, -0.2) is 0 Å². The second kappa shape index (κ2) is 9.29. The predicted molar refractivity (Wildman–Crippen MR) is 91.0 cm³/mol. The van der Waals surface area contributed by atoms with Crippen LogP contribution < -0.4 is 20.3 Å². The van der Waals surface area contributed by atoms with Gasteiger partial charge in [0.25, 0.3) is 11.8 Å². The monoisotopic (exact) mass is 344 g/mol. The molecule has 0 radical (unpaired) electrons. The van der Waals surface area contributed by atoms with Crippen LogP contribution in [0.25, 0.3) is 0 Å². The number of rotatable bonds is 7. The summed E-state index contributed by atoms with van der Waals surface area (Å²) in [7, 11) is 2.93. The standard InChI is InChI=1S/C18H20N2O5/c1-23-14-10-6-7-11-15(14)25-12-16(21)19-20-18(22)17(24-2)13-8-4-3-5-9-13/h3-11,17H,12H2,1-2H3,(H,19,21)(H,20,22). The topological polar surface area (TPSA) is 85.9 Å². The first kappa shape index (κ1) is 18.3. The summed E-state index contributed by atoms with van der Waals surface area (Å²) in [5, 5.41) is 0. The van der Waals surface area contributed by atoms with Crippen molar-refractivity contribution in [3.63, 3.8) is 0 Å². The van der Waals surface area contributed by atoms with E-state index < -0.39 is 17.9 Å². The van der Waals surface area contributed by atoms with Gasteiger partial charge < -0.3 is 14.2 Å². The Hall–Kier alpha value is -3.06. The molecule has 1 unspecified atom stereocenters. The van der Waals surface area contributed by atoms with Crippen molar-refractivity contribution in [2.24, 2.45) is 0 Å². The van der Waals surface area contributed by atoms with Gasteiger partial charge in [-0.15, -0.1) is 0 Å². The average molecular weight is 344 g/mol. The third kappa shape index (κ3) is 5.22. The maximum atomic E-state index is 12.1. The minimum atomic E-state index is -0.823. The van der Waals surface area contributed by atoms with Gasteiger partial charge in [0.15, 0.2) is 24.2 Å². The lowest BCUT2D eigenvalue weighted by Gasteiger charge is -2.16. The molecule has 7 nitrogen and oxygen atoms in total. The quantitative estimate of drug-likeness (QED) is 0.745. The molecule has 0 fully saturated rings. The summed E-state index contributed by atoms with van der Waals surface area (Å²) in [6.07, 6.45) is -0.823. The van der Waals surface area contributed by atoms with Gasteiger partial charge >= 0.3 is 0 Å². The molecule has 132 valence electrons. The first-order valence-corrected chi connectivity index (χ1v) is 7.58. The molecule has 2 N–H and O–H groups in total. The highest BCUT2D eigenvalue weighted by Gasteiger charge is 2.20. The summed E-state index contributed by atoms with van der Waals surface area (Å²) in [6.45, 7) is -0.274. The molecule has 0 aliphatic heterocycles. The minimum Gasteiger partial charge on any atom is -0.493 e. The van der Waals surface area contributed by atoms with E-state index in [0.717, 1.165) is 0 Å². The van der Waals surface area contributed by atoms with Crippen LogP contribution in [0.4, 0.5) is 0 Å². The molecule has 2 rings (SSSR count). The summed E-state index contributed by atoms with van der Waals surface area (Å²) < 4.78 is 15.7. The number of hydrogen-bond acceptors (Lipinski definition) is 5. The van der Waals surface area contributed by atoms with Crippen LogP contribution in [-0.2, 0) is 14.3 Å². The predicted octanol–water partition coefficient (Wildman–Crippen LogP) is 1.61. The Morgan fingerprint density at radius 2 is 1.56 bits per heavy atom. The fraction of sp³-hybridized carbons (Fsp3) is 0.222. The van der Waals surface area contributed by atoms with Crippen LogP contribution in [0.3, 0.4) is 0 Å². The highest BCUT2D eigenvalue weighted by Crippen LogP contribution is 2.25. The molecule has 0 aliphatic rings. The van der Waals surface area contributed by atoms with Gasteiger partial charge in [0.2, 0.25) is 0 Å². The van der Waals surface area contributed by atoms with E-state index in [-0.39, 0.29) is 6.61 Å². The Labute approximate surface area is 145 Å². The molecule has 0 spiro atoms. The first-order chi connectivity index (χ1) is 12.2. The molecule has 0 heterocycles. The maximum absolute atomic E-state index is 12.1.